The monoisotopic (exact) mass is 373 g/mol. The minimum Gasteiger partial charge on any atom is -0.318 e. The number of amides is 2. The van der Waals surface area contributed by atoms with Gasteiger partial charge in [-0.1, -0.05) is 11.6 Å². The number of nitro groups is 1. The molecule has 0 spiro atoms. The van der Waals surface area contributed by atoms with Crippen LogP contribution in [0.5, 0.6) is 0 Å². The zero-order valence-electron chi connectivity index (χ0n) is 12.0. The number of carbonyl (C=O) groups is 2. The van der Waals surface area contributed by atoms with Crippen molar-refractivity contribution in [2.24, 2.45) is 0 Å². The number of benzene rings is 2. The fourth-order valence-electron chi connectivity index (χ4n) is 1.72. The number of anilines is 2. The van der Waals surface area contributed by atoms with Gasteiger partial charge in [0.1, 0.15) is 5.02 Å². The van der Waals surface area contributed by atoms with Gasteiger partial charge in [-0.25, -0.2) is 13.2 Å². The Morgan fingerprint density at radius 3 is 2.28 bits per heavy atom. The van der Waals surface area contributed by atoms with E-state index in [4.69, 9.17) is 11.6 Å². The molecule has 2 N–H and O–H groups in total. The molecule has 7 nitrogen and oxygen atoms in total. The third-order valence-corrected chi connectivity index (χ3v) is 3.21. The molecule has 0 aromatic heterocycles. The average molecular weight is 374 g/mol. The number of nitro benzene ring substituents is 1. The molecule has 0 fully saturated rings. The summed E-state index contributed by atoms with van der Waals surface area (Å²) in [6.07, 6.45) is 0. The van der Waals surface area contributed by atoms with E-state index in [0.717, 1.165) is 18.2 Å². The van der Waals surface area contributed by atoms with Crippen LogP contribution < -0.4 is 10.6 Å². The number of hydrogen-bond donors (Lipinski definition) is 2. The van der Waals surface area contributed by atoms with Crippen LogP contribution in [0.4, 0.5) is 30.2 Å². The molecule has 25 heavy (non-hydrogen) atoms. The minimum absolute atomic E-state index is 0.123. The molecular weight excluding hydrogens is 367 g/mol. The lowest BCUT2D eigenvalue weighted by Gasteiger charge is -2.08. The zero-order valence-corrected chi connectivity index (χ0v) is 12.7. The second-order valence-corrected chi connectivity index (χ2v) is 4.96. The molecule has 0 atom stereocenters. The molecule has 11 heteroatoms. The van der Waals surface area contributed by atoms with Gasteiger partial charge in [-0.2, -0.15) is 0 Å². The van der Waals surface area contributed by atoms with Crippen LogP contribution in [0.3, 0.4) is 0 Å². The first-order valence-electron chi connectivity index (χ1n) is 6.40. The predicted octanol–water partition coefficient (Wildman–Crippen LogP) is 3.24. The Kier molecular flexibility index (Phi) is 5.22. The summed E-state index contributed by atoms with van der Waals surface area (Å²) in [6.45, 7) is 0. The lowest BCUT2D eigenvalue weighted by Crippen LogP contribution is -2.29. The standard InChI is InChI=1S/C14H7ClF3N3O4/c15-7-2-1-6(5-10(7)21(24)25)19-13(22)14(23)20-9-4-3-8(16)11(17)12(9)18/h1-5H,(H,19,22)(H,20,23). The summed E-state index contributed by atoms with van der Waals surface area (Å²) in [6, 6.07) is 4.52. The molecule has 0 aliphatic rings. The van der Waals surface area contributed by atoms with E-state index in [9.17, 15) is 32.9 Å². The van der Waals surface area contributed by atoms with Crippen LogP contribution in [0.1, 0.15) is 0 Å². The Labute approximate surface area is 142 Å². The van der Waals surface area contributed by atoms with E-state index in [2.05, 4.69) is 0 Å². The third-order valence-electron chi connectivity index (χ3n) is 2.89. The van der Waals surface area contributed by atoms with Gasteiger partial charge in [-0.05, 0) is 24.3 Å². The second kappa shape index (κ2) is 7.18. The normalized spacial score (nSPS) is 10.2. The van der Waals surface area contributed by atoms with Crippen molar-refractivity contribution in [3.63, 3.8) is 0 Å². The SMILES string of the molecule is O=C(Nc1ccc(Cl)c([N+](=O)[O-])c1)C(=O)Nc1ccc(F)c(F)c1F. The maximum absolute atomic E-state index is 13.4. The number of nitrogens with zero attached hydrogens (tertiary/aromatic N) is 1. The highest BCUT2D eigenvalue weighted by atomic mass is 35.5. The summed E-state index contributed by atoms with van der Waals surface area (Å²) in [5.41, 5.74) is -1.38. The molecule has 2 aromatic carbocycles. The molecule has 0 heterocycles. The first-order chi connectivity index (χ1) is 11.7. The smallest absolute Gasteiger partial charge is 0.314 e. The molecule has 130 valence electrons. The molecule has 0 unspecified atom stereocenters. The summed E-state index contributed by atoms with van der Waals surface area (Å²) < 4.78 is 39.3. The summed E-state index contributed by atoms with van der Waals surface area (Å²) in [4.78, 5) is 33.4. The fraction of sp³-hybridized carbons (Fsp3) is 0. The van der Waals surface area contributed by atoms with E-state index < -0.39 is 45.6 Å². The van der Waals surface area contributed by atoms with Crippen molar-refractivity contribution in [1.29, 1.82) is 0 Å². The van der Waals surface area contributed by atoms with Crippen LogP contribution in [0.25, 0.3) is 0 Å². The van der Waals surface area contributed by atoms with Crippen LogP contribution in [0.2, 0.25) is 5.02 Å². The molecule has 0 aliphatic heterocycles. The van der Waals surface area contributed by atoms with Crippen molar-refractivity contribution in [3.05, 3.63) is 62.9 Å². The van der Waals surface area contributed by atoms with Crippen molar-refractivity contribution in [2.45, 2.75) is 0 Å². The van der Waals surface area contributed by atoms with E-state index in [1.165, 1.54) is 6.07 Å². The molecule has 0 saturated carbocycles. The van der Waals surface area contributed by atoms with Crippen LogP contribution in [0.15, 0.2) is 30.3 Å². The lowest BCUT2D eigenvalue weighted by atomic mass is 10.2. The van der Waals surface area contributed by atoms with Gasteiger partial charge in [0.05, 0.1) is 10.6 Å². The van der Waals surface area contributed by atoms with E-state index >= 15 is 0 Å². The van der Waals surface area contributed by atoms with Crippen molar-refractivity contribution in [2.75, 3.05) is 10.6 Å². The molecule has 0 saturated heterocycles. The molecule has 2 rings (SSSR count). The second-order valence-electron chi connectivity index (χ2n) is 4.55. The minimum atomic E-state index is -1.81. The van der Waals surface area contributed by atoms with Crippen molar-refractivity contribution in [1.82, 2.24) is 0 Å². The number of hydrogen-bond acceptors (Lipinski definition) is 4. The third kappa shape index (κ3) is 4.04. The highest BCUT2D eigenvalue weighted by molar-refractivity contribution is 6.43. The topological polar surface area (TPSA) is 101 Å². The maximum atomic E-state index is 13.4. The first kappa shape index (κ1) is 18.2. The van der Waals surface area contributed by atoms with Gasteiger partial charge < -0.3 is 10.6 Å². The predicted molar refractivity (Wildman–Crippen MR) is 81.7 cm³/mol. The summed E-state index contributed by atoms with van der Waals surface area (Å²) in [5, 5.41) is 14.3. The zero-order chi connectivity index (χ0) is 18.7. The van der Waals surface area contributed by atoms with Crippen molar-refractivity contribution >= 4 is 40.5 Å². The van der Waals surface area contributed by atoms with Gasteiger partial charge in [0.2, 0.25) is 0 Å². The Morgan fingerprint density at radius 2 is 1.64 bits per heavy atom. The largest absolute Gasteiger partial charge is 0.318 e. The van der Waals surface area contributed by atoms with Crippen molar-refractivity contribution < 1.29 is 27.7 Å². The van der Waals surface area contributed by atoms with Crippen molar-refractivity contribution in [3.8, 4) is 0 Å². The molecule has 0 bridgehead atoms. The van der Waals surface area contributed by atoms with Gasteiger partial charge >= 0.3 is 11.8 Å². The lowest BCUT2D eigenvalue weighted by molar-refractivity contribution is -0.384. The number of halogens is 4. The van der Waals surface area contributed by atoms with Crippen LogP contribution in [-0.4, -0.2) is 16.7 Å². The summed E-state index contributed by atoms with van der Waals surface area (Å²) in [5.74, 6) is -7.67. The maximum Gasteiger partial charge on any atom is 0.314 e. The molecular formula is C14H7ClF3N3O4. The number of nitrogens with one attached hydrogen (secondary N) is 2. The highest BCUT2D eigenvalue weighted by Gasteiger charge is 2.20. The van der Waals surface area contributed by atoms with Gasteiger partial charge in [0.15, 0.2) is 17.5 Å². The summed E-state index contributed by atoms with van der Waals surface area (Å²) in [7, 11) is 0. The Hall–Kier alpha value is -3.14. The molecule has 0 aliphatic carbocycles. The number of rotatable bonds is 3. The highest BCUT2D eigenvalue weighted by Crippen LogP contribution is 2.27. The van der Waals surface area contributed by atoms with E-state index in [1.807, 2.05) is 5.32 Å². The van der Waals surface area contributed by atoms with Gasteiger partial charge in [-0.3, -0.25) is 19.7 Å². The Balaban J connectivity index is 2.14. The summed E-state index contributed by atoms with van der Waals surface area (Å²) >= 11 is 5.60. The van der Waals surface area contributed by atoms with Crippen LogP contribution in [0, 0.1) is 27.6 Å². The Morgan fingerprint density at radius 1 is 1.00 bits per heavy atom. The van der Waals surface area contributed by atoms with Gasteiger partial charge in [0.25, 0.3) is 5.69 Å². The molecule has 0 radical (unpaired) electrons. The van der Waals surface area contributed by atoms with E-state index in [1.54, 1.807) is 5.32 Å². The Bertz CT molecular complexity index is 892. The number of carbonyl (C=O) groups excluding carboxylic acids is 2. The fourth-order valence-corrected chi connectivity index (χ4v) is 1.91. The van der Waals surface area contributed by atoms with Crippen LogP contribution >= 0.6 is 11.6 Å². The van der Waals surface area contributed by atoms with E-state index in [0.29, 0.717) is 6.07 Å². The first-order valence-corrected chi connectivity index (χ1v) is 6.78. The average Bonchev–Trinajstić information content (AvgIpc) is 2.56. The van der Waals surface area contributed by atoms with Crippen LogP contribution in [-0.2, 0) is 9.59 Å². The van der Waals surface area contributed by atoms with Gasteiger partial charge in [0, 0.05) is 11.8 Å². The molecule has 2 aromatic rings. The quantitative estimate of drug-likeness (QED) is 0.373. The van der Waals surface area contributed by atoms with E-state index in [-0.39, 0.29) is 10.7 Å². The molecule has 2 amide bonds. The van der Waals surface area contributed by atoms with Gasteiger partial charge in [-0.15, -0.1) is 0 Å².